The zero-order chi connectivity index (χ0) is 16.2. The SMILES string of the molecule is O=C(O)C1CCN(C(=O)NCCc2cccc3ccccc23)C1. The molecule has 120 valence electrons. The molecular weight excluding hydrogens is 292 g/mol. The maximum absolute atomic E-state index is 12.1. The highest BCUT2D eigenvalue weighted by atomic mass is 16.4. The number of carboxylic acid groups (broad SMARTS) is 1. The van der Waals surface area contributed by atoms with E-state index in [4.69, 9.17) is 5.11 Å². The minimum atomic E-state index is -0.823. The fraction of sp³-hybridized carbons (Fsp3) is 0.333. The number of nitrogens with one attached hydrogen (secondary N) is 1. The van der Waals surface area contributed by atoms with Gasteiger partial charge in [0.25, 0.3) is 0 Å². The largest absolute Gasteiger partial charge is 0.481 e. The van der Waals surface area contributed by atoms with Gasteiger partial charge in [0.1, 0.15) is 0 Å². The summed E-state index contributed by atoms with van der Waals surface area (Å²) in [6.45, 7) is 1.35. The van der Waals surface area contributed by atoms with Crippen LogP contribution in [-0.2, 0) is 11.2 Å². The molecule has 0 spiro atoms. The molecule has 2 amide bonds. The van der Waals surface area contributed by atoms with Gasteiger partial charge in [0, 0.05) is 19.6 Å². The van der Waals surface area contributed by atoms with Gasteiger partial charge in [-0.1, -0.05) is 42.5 Å². The number of aliphatic carboxylic acids is 1. The van der Waals surface area contributed by atoms with E-state index in [0.29, 0.717) is 26.1 Å². The Labute approximate surface area is 134 Å². The number of carbonyl (C=O) groups is 2. The van der Waals surface area contributed by atoms with Crippen molar-refractivity contribution < 1.29 is 14.7 Å². The quantitative estimate of drug-likeness (QED) is 0.911. The third kappa shape index (κ3) is 3.44. The molecule has 1 saturated heterocycles. The Morgan fingerprint density at radius 1 is 1.17 bits per heavy atom. The zero-order valence-electron chi connectivity index (χ0n) is 12.9. The molecule has 0 aliphatic carbocycles. The van der Waals surface area contributed by atoms with Crippen LogP contribution in [-0.4, -0.2) is 41.6 Å². The van der Waals surface area contributed by atoms with Crippen molar-refractivity contribution in [2.24, 2.45) is 5.92 Å². The molecule has 3 rings (SSSR count). The molecule has 1 unspecified atom stereocenters. The molecule has 0 bridgehead atoms. The first-order valence-electron chi connectivity index (χ1n) is 7.87. The standard InChI is InChI=1S/C18H20N2O3/c21-17(22)15-9-11-20(12-15)18(23)19-10-8-14-6-3-5-13-4-1-2-7-16(13)14/h1-7,15H,8-12H2,(H,19,23)(H,21,22). The molecule has 23 heavy (non-hydrogen) atoms. The van der Waals surface area contributed by atoms with Crippen LogP contribution in [0.15, 0.2) is 42.5 Å². The van der Waals surface area contributed by atoms with E-state index in [1.54, 1.807) is 4.90 Å². The smallest absolute Gasteiger partial charge is 0.317 e. The van der Waals surface area contributed by atoms with Crippen LogP contribution in [0.5, 0.6) is 0 Å². The number of hydrogen-bond donors (Lipinski definition) is 2. The first-order valence-corrected chi connectivity index (χ1v) is 7.87. The van der Waals surface area contributed by atoms with Gasteiger partial charge in [0.2, 0.25) is 0 Å². The lowest BCUT2D eigenvalue weighted by Gasteiger charge is -2.17. The van der Waals surface area contributed by atoms with E-state index in [1.807, 2.05) is 18.2 Å². The maximum Gasteiger partial charge on any atom is 0.317 e. The highest BCUT2D eigenvalue weighted by molar-refractivity contribution is 5.85. The van der Waals surface area contributed by atoms with Crippen molar-refractivity contribution in [2.45, 2.75) is 12.8 Å². The van der Waals surface area contributed by atoms with Crippen LogP contribution < -0.4 is 5.32 Å². The summed E-state index contributed by atoms with van der Waals surface area (Å²) < 4.78 is 0. The lowest BCUT2D eigenvalue weighted by Crippen LogP contribution is -2.39. The Morgan fingerprint density at radius 2 is 1.96 bits per heavy atom. The van der Waals surface area contributed by atoms with Crippen molar-refractivity contribution in [3.8, 4) is 0 Å². The van der Waals surface area contributed by atoms with Gasteiger partial charge in [-0.05, 0) is 29.2 Å². The van der Waals surface area contributed by atoms with Gasteiger partial charge >= 0.3 is 12.0 Å². The summed E-state index contributed by atoms with van der Waals surface area (Å²) in [4.78, 5) is 24.6. The molecular formula is C18H20N2O3. The second-order valence-corrected chi connectivity index (χ2v) is 5.89. The molecule has 5 heteroatoms. The Balaban J connectivity index is 1.55. The molecule has 1 heterocycles. The van der Waals surface area contributed by atoms with Crippen molar-refractivity contribution >= 4 is 22.8 Å². The molecule has 1 atom stereocenters. The van der Waals surface area contributed by atoms with E-state index < -0.39 is 11.9 Å². The molecule has 1 fully saturated rings. The van der Waals surface area contributed by atoms with Crippen molar-refractivity contribution in [3.05, 3.63) is 48.0 Å². The number of fused-ring (bicyclic) bond motifs is 1. The second-order valence-electron chi connectivity index (χ2n) is 5.89. The van der Waals surface area contributed by atoms with Crippen molar-refractivity contribution in [1.82, 2.24) is 10.2 Å². The fourth-order valence-corrected chi connectivity index (χ4v) is 3.07. The molecule has 0 aromatic heterocycles. The first-order chi connectivity index (χ1) is 11.1. The van der Waals surface area contributed by atoms with Crippen LogP contribution >= 0.6 is 0 Å². The van der Waals surface area contributed by atoms with Crippen LogP contribution in [0.3, 0.4) is 0 Å². The topological polar surface area (TPSA) is 69.6 Å². The first kappa shape index (κ1) is 15.3. The zero-order valence-corrected chi connectivity index (χ0v) is 12.9. The van der Waals surface area contributed by atoms with E-state index >= 15 is 0 Å². The Kier molecular flexibility index (Phi) is 4.46. The lowest BCUT2D eigenvalue weighted by molar-refractivity contribution is -0.141. The van der Waals surface area contributed by atoms with Gasteiger partial charge in [0.05, 0.1) is 5.92 Å². The molecule has 2 aromatic rings. The predicted octanol–water partition coefficient (Wildman–Crippen LogP) is 2.50. The van der Waals surface area contributed by atoms with E-state index in [-0.39, 0.29) is 6.03 Å². The fourth-order valence-electron chi connectivity index (χ4n) is 3.07. The number of benzene rings is 2. The van der Waals surface area contributed by atoms with Crippen LogP contribution in [0.1, 0.15) is 12.0 Å². The highest BCUT2D eigenvalue weighted by Crippen LogP contribution is 2.19. The summed E-state index contributed by atoms with van der Waals surface area (Å²) in [5.74, 6) is -1.25. The summed E-state index contributed by atoms with van der Waals surface area (Å²) >= 11 is 0. The van der Waals surface area contributed by atoms with Crippen LogP contribution in [0, 0.1) is 5.92 Å². The maximum atomic E-state index is 12.1. The number of carbonyl (C=O) groups excluding carboxylic acids is 1. The monoisotopic (exact) mass is 312 g/mol. The van der Waals surface area contributed by atoms with Crippen LogP contribution in [0.4, 0.5) is 4.79 Å². The lowest BCUT2D eigenvalue weighted by atomic mass is 10.0. The molecule has 1 aliphatic rings. The van der Waals surface area contributed by atoms with E-state index in [2.05, 4.69) is 29.6 Å². The summed E-state index contributed by atoms with van der Waals surface area (Å²) in [6, 6.07) is 14.2. The third-order valence-electron chi connectivity index (χ3n) is 4.38. The summed E-state index contributed by atoms with van der Waals surface area (Å²) in [5, 5.41) is 14.3. The molecule has 0 radical (unpaired) electrons. The van der Waals surface area contributed by atoms with Gasteiger partial charge in [-0.2, -0.15) is 0 Å². The number of carboxylic acids is 1. The van der Waals surface area contributed by atoms with E-state index in [0.717, 1.165) is 6.42 Å². The summed E-state index contributed by atoms with van der Waals surface area (Å²) in [7, 11) is 0. The number of hydrogen-bond acceptors (Lipinski definition) is 2. The average molecular weight is 312 g/mol. The number of urea groups is 1. The van der Waals surface area contributed by atoms with Gasteiger partial charge in [0.15, 0.2) is 0 Å². The second kappa shape index (κ2) is 6.69. The Hall–Kier alpha value is -2.56. The number of likely N-dealkylation sites (tertiary alicyclic amines) is 1. The predicted molar refractivity (Wildman–Crippen MR) is 88.4 cm³/mol. The third-order valence-corrected chi connectivity index (χ3v) is 4.38. The van der Waals surface area contributed by atoms with Gasteiger partial charge in [-0.15, -0.1) is 0 Å². The van der Waals surface area contributed by atoms with E-state index in [9.17, 15) is 9.59 Å². The van der Waals surface area contributed by atoms with Gasteiger partial charge in [-0.3, -0.25) is 4.79 Å². The molecule has 1 aliphatic heterocycles. The van der Waals surface area contributed by atoms with Crippen LogP contribution in [0.2, 0.25) is 0 Å². The highest BCUT2D eigenvalue weighted by Gasteiger charge is 2.30. The number of amides is 2. The summed E-state index contributed by atoms with van der Waals surface area (Å²) in [5.41, 5.74) is 1.20. The van der Waals surface area contributed by atoms with E-state index in [1.165, 1.54) is 16.3 Å². The van der Waals surface area contributed by atoms with Crippen molar-refractivity contribution in [2.75, 3.05) is 19.6 Å². The molecule has 5 nitrogen and oxygen atoms in total. The number of rotatable bonds is 4. The summed E-state index contributed by atoms with van der Waals surface area (Å²) in [6.07, 6.45) is 1.29. The minimum absolute atomic E-state index is 0.172. The number of nitrogens with zero attached hydrogens (tertiary/aromatic N) is 1. The van der Waals surface area contributed by atoms with Crippen molar-refractivity contribution in [3.63, 3.8) is 0 Å². The Bertz CT molecular complexity index is 724. The molecule has 0 saturated carbocycles. The Morgan fingerprint density at radius 3 is 2.74 bits per heavy atom. The van der Waals surface area contributed by atoms with Gasteiger partial charge in [-0.25, -0.2) is 4.79 Å². The normalized spacial score (nSPS) is 17.4. The van der Waals surface area contributed by atoms with Crippen LogP contribution in [0.25, 0.3) is 10.8 Å². The molecule has 2 N–H and O–H groups in total. The van der Waals surface area contributed by atoms with Crippen molar-refractivity contribution in [1.29, 1.82) is 0 Å². The minimum Gasteiger partial charge on any atom is -0.481 e. The average Bonchev–Trinajstić information content (AvgIpc) is 3.05. The molecule has 2 aromatic carbocycles. The van der Waals surface area contributed by atoms with Gasteiger partial charge < -0.3 is 15.3 Å².